The molecule has 192 valence electrons. The van der Waals surface area contributed by atoms with Gasteiger partial charge in [0, 0.05) is 34.0 Å². The van der Waals surface area contributed by atoms with E-state index in [4.69, 9.17) is 0 Å². The van der Waals surface area contributed by atoms with Gasteiger partial charge in [-0.15, -0.1) is 11.8 Å². The van der Waals surface area contributed by atoms with Crippen LogP contribution < -0.4 is 10.6 Å². The third-order valence-electron chi connectivity index (χ3n) is 6.06. The highest BCUT2D eigenvalue weighted by atomic mass is 32.2. The summed E-state index contributed by atoms with van der Waals surface area (Å²) in [6.07, 6.45) is 0. The number of anilines is 2. The van der Waals surface area contributed by atoms with Gasteiger partial charge < -0.3 is 10.6 Å². The number of nitro groups is 1. The third-order valence-corrected chi connectivity index (χ3v) is 7.33. The van der Waals surface area contributed by atoms with Gasteiger partial charge in [-0.25, -0.2) is 0 Å². The van der Waals surface area contributed by atoms with Crippen LogP contribution in [0.4, 0.5) is 17.1 Å². The number of benzene rings is 5. The summed E-state index contributed by atoms with van der Waals surface area (Å²) in [7, 11) is 0. The zero-order chi connectivity index (χ0) is 27.2. The number of carbonyl (C=O) groups excluding carboxylic acids is 2. The van der Waals surface area contributed by atoms with Crippen molar-refractivity contribution < 1.29 is 14.5 Å². The first-order valence-corrected chi connectivity index (χ1v) is 13.0. The Hall–Kier alpha value is -4.95. The van der Waals surface area contributed by atoms with E-state index in [1.807, 2.05) is 78.9 Å². The van der Waals surface area contributed by atoms with Crippen molar-refractivity contribution in [3.63, 3.8) is 0 Å². The van der Waals surface area contributed by atoms with Crippen LogP contribution >= 0.6 is 11.8 Å². The number of hydrogen-bond acceptors (Lipinski definition) is 5. The van der Waals surface area contributed by atoms with E-state index >= 15 is 0 Å². The smallest absolute Gasteiger partial charge is 0.269 e. The van der Waals surface area contributed by atoms with E-state index in [2.05, 4.69) is 10.6 Å². The summed E-state index contributed by atoms with van der Waals surface area (Å²) >= 11 is 1.37. The molecule has 0 aliphatic rings. The Labute approximate surface area is 229 Å². The van der Waals surface area contributed by atoms with E-state index < -0.39 is 10.2 Å². The molecule has 0 radical (unpaired) electrons. The summed E-state index contributed by atoms with van der Waals surface area (Å²) in [6.45, 7) is 0. The predicted octanol–water partition coefficient (Wildman–Crippen LogP) is 7.47. The molecule has 0 aliphatic carbocycles. The molecule has 0 fully saturated rings. The number of hydrogen-bond donors (Lipinski definition) is 2. The first-order chi connectivity index (χ1) is 19.0. The normalized spacial score (nSPS) is 11.5. The number of amides is 2. The first-order valence-electron chi connectivity index (χ1n) is 12.1. The van der Waals surface area contributed by atoms with E-state index in [1.54, 1.807) is 18.2 Å². The van der Waals surface area contributed by atoms with Gasteiger partial charge in [0.15, 0.2) is 0 Å². The average molecular weight is 534 g/mol. The Morgan fingerprint density at radius 2 is 1.31 bits per heavy atom. The lowest BCUT2D eigenvalue weighted by Gasteiger charge is -2.17. The maximum atomic E-state index is 13.3. The fourth-order valence-corrected chi connectivity index (χ4v) is 5.09. The van der Waals surface area contributed by atoms with E-state index in [-0.39, 0.29) is 17.5 Å². The van der Waals surface area contributed by atoms with Crippen molar-refractivity contribution in [3.05, 3.63) is 143 Å². The average Bonchev–Trinajstić information content (AvgIpc) is 2.97. The van der Waals surface area contributed by atoms with Crippen molar-refractivity contribution in [1.82, 2.24) is 0 Å². The number of nitrogens with one attached hydrogen (secondary N) is 2. The van der Waals surface area contributed by atoms with Crippen LogP contribution in [0, 0.1) is 10.1 Å². The third kappa shape index (κ3) is 6.31. The molecule has 0 aromatic heterocycles. The van der Waals surface area contributed by atoms with Crippen LogP contribution in [0.1, 0.15) is 21.2 Å². The number of thioether (sulfide) groups is 1. The van der Waals surface area contributed by atoms with Gasteiger partial charge in [0.1, 0.15) is 5.25 Å². The van der Waals surface area contributed by atoms with Gasteiger partial charge in [-0.2, -0.15) is 0 Å². The summed E-state index contributed by atoms with van der Waals surface area (Å²) in [4.78, 5) is 37.4. The SMILES string of the molecule is O=C(Nc1ccc(SC(C(=O)Nc2ccc([N+](=O)[O-])cc2)c2ccccc2)cc1)c1ccc2ccccc2c1. The second-order valence-electron chi connectivity index (χ2n) is 8.74. The number of nitrogens with zero attached hydrogens (tertiary/aromatic N) is 1. The molecule has 5 aromatic rings. The van der Waals surface area contributed by atoms with Crippen LogP contribution in [0.25, 0.3) is 10.8 Å². The minimum absolute atomic E-state index is 0.0465. The fourth-order valence-electron chi connectivity index (χ4n) is 4.06. The minimum Gasteiger partial charge on any atom is -0.325 e. The Morgan fingerprint density at radius 1 is 0.692 bits per heavy atom. The standard InChI is InChI=1S/C31H23N3O4S/c35-30(24-11-10-21-6-4-5-9-23(21)20-24)32-26-14-18-28(19-15-26)39-29(22-7-2-1-3-8-22)31(36)33-25-12-16-27(17-13-25)34(37)38/h1-20,29H,(H,32,35)(H,33,36). The number of rotatable bonds is 8. The maximum Gasteiger partial charge on any atom is 0.269 e. The molecule has 0 bridgehead atoms. The summed E-state index contributed by atoms with van der Waals surface area (Å²) < 4.78 is 0. The maximum absolute atomic E-state index is 13.3. The van der Waals surface area contributed by atoms with Gasteiger partial charge in [-0.3, -0.25) is 19.7 Å². The summed E-state index contributed by atoms with van der Waals surface area (Å²) in [5.74, 6) is -0.459. The molecule has 1 unspecified atom stereocenters. The predicted molar refractivity (Wildman–Crippen MR) is 155 cm³/mol. The van der Waals surface area contributed by atoms with Gasteiger partial charge in [-0.1, -0.05) is 60.7 Å². The van der Waals surface area contributed by atoms with Crippen LogP contribution in [0.2, 0.25) is 0 Å². The van der Waals surface area contributed by atoms with Gasteiger partial charge in [0.25, 0.3) is 11.6 Å². The van der Waals surface area contributed by atoms with Crippen molar-refractivity contribution in [1.29, 1.82) is 0 Å². The Kier molecular flexibility index (Phi) is 7.65. The molecule has 0 spiro atoms. The highest BCUT2D eigenvalue weighted by molar-refractivity contribution is 8.00. The van der Waals surface area contributed by atoms with Crippen molar-refractivity contribution in [2.75, 3.05) is 10.6 Å². The molecule has 1 atom stereocenters. The Morgan fingerprint density at radius 3 is 2.00 bits per heavy atom. The molecule has 0 saturated carbocycles. The second-order valence-corrected chi connectivity index (χ2v) is 9.92. The molecular formula is C31H23N3O4S. The zero-order valence-electron chi connectivity index (χ0n) is 20.6. The summed E-state index contributed by atoms with van der Waals surface area (Å²) in [6, 6.07) is 35.9. The van der Waals surface area contributed by atoms with Gasteiger partial charge in [0.2, 0.25) is 5.91 Å². The van der Waals surface area contributed by atoms with E-state index in [9.17, 15) is 19.7 Å². The van der Waals surface area contributed by atoms with Crippen LogP contribution in [0.15, 0.2) is 126 Å². The summed E-state index contributed by atoms with van der Waals surface area (Å²) in [5, 5.41) is 18.2. The molecule has 7 nitrogen and oxygen atoms in total. The summed E-state index contributed by atoms with van der Waals surface area (Å²) in [5.41, 5.74) is 2.45. The van der Waals surface area contributed by atoms with Crippen molar-refractivity contribution in [2.45, 2.75) is 10.1 Å². The molecule has 5 rings (SSSR count). The number of nitro benzene ring substituents is 1. The molecule has 2 amide bonds. The van der Waals surface area contributed by atoms with Crippen LogP contribution in [0.5, 0.6) is 0 Å². The van der Waals surface area contributed by atoms with E-state index in [1.165, 1.54) is 36.0 Å². The minimum atomic E-state index is -0.570. The zero-order valence-corrected chi connectivity index (χ0v) is 21.4. The van der Waals surface area contributed by atoms with Gasteiger partial charge >= 0.3 is 0 Å². The molecule has 0 heterocycles. The van der Waals surface area contributed by atoms with Gasteiger partial charge in [-0.05, 0) is 64.9 Å². The molecule has 2 N–H and O–H groups in total. The number of non-ortho nitro benzene ring substituents is 1. The van der Waals surface area contributed by atoms with Gasteiger partial charge in [0.05, 0.1) is 4.92 Å². The molecule has 0 saturated heterocycles. The quantitative estimate of drug-likeness (QED) is 0.122. The van der Waals surface area contributed by atoms with Crippen molar-refractivity contribution >= 4 is 51.4 Å². The van der Waals surface area contributed by atoms with Crippen LogP contribution in [0.3, 0.4) is 0 Å². The lowest BCUT2D eigenvalue weighted by molar-refractivity contribution is -0.384. The van der Waals surface area contributed by atoms with Crippen molar-refractivity contribution in [3.8, 4) is 0 Å². The van der Waals surface area contributed by atoms with Crippen molar-refractivity contribution in [2.24, 2.45) is 0 Å². The topological polar surface area (TPSA) is 101 Å². The highest BCUT2D eigenvalue weighted by Gasteiger charge is 2.22. The highest BCUT2D eigenvalue weighted by Crippen LogP contribution is 2.37. The Bertz CT molecular complexity index is 1640. The lowest BCUT2D eigenvalue weighted by atomic mass is 10.1. The fraction of sp³-hybridized carbons (Fsp3) is 0.0323. The number of fused-ring (bicyclic) bond motifs is 1. The van der Waals surface area contributed by atoms with E-state index in [0.29, 0.717) is 16.9 Å². The second kappa shape index (κ2) is 11.6. The van der Waals surface area contributed by atoms with Crippen LogP contribution in [-0.2, 0) is 4.79 Å². The Balaban J connectivity index is 1.29. The molecule has 39 heavy (non-hydrogen) atoms. The number of carbonyl (C=O) groups is 2. The lowest BCUT2D eigenvalue weighted by Crippen LogP contribution is -2.19. The van der Waals surface area contributed by atoms with Crippen LogP contribution in [-0.4, -0.2) is 16.7 Å². The monoisotopic (exact) mass is 533 g/mol. The first kappa shape index (κ1) is 25.7. The molecule has 0 aliphatic heterocycles. The molecule has 8 heteroatoms. The largest absolute Gasteiger partial charge is 0.325 e. The molecule has 5 aromatic carbocycles. The van der Waals surface area contributed by atoms with E-state index in [0.717, 1.165) is 21.2 Å². The molecular weight excluding hydrogens is 510 g/mol.